The SMILES string of the molecule is CC(C)C[C@H](NC(=O)OCC1CCCCC1)C(=O)N[C@@H](C(C)C)[C@@H](O)c1c(-c2ccccc2)c1=O. The Balaban J connectivity index is 1.64. The smallest absolute Gasteiger partial charge is 0.407 e. The molecule has 1 saturated carbocycles. The van der Waals surface area contributed by atoms with Gasteiger partial charge in [-0.1, -0.05) is 77.3 Å². The molecule has 7 heteroatoms. The number of benzene rings is 1. The first-order valence-electron chi connectivity index (χ1n) is 12.9. The first-order valence-corrected chi connectivity index (χ1v) is 12.9. The molecule has 0 unspecified atom stereocenters. The number of rotatable bonds is 11. The highest BCUT2D eigenvalue weighted by Crippen LogP contribution is 2.33. The second-order valence-electron chi connectivity index (χ2n) is 10.6. The van der Waals surface area contributed by atoms with E-state index in [2.05, 4.69) is 10.6 Å². The van der Waals surface area contributed by atoms with Crippen molar-refractivity contribution in [3.63, 3.8) is 0 Å². The van der Waals surface area contributed by atoms with Crippen molar-refractivity contribution in [3.05, 3.63) is 46.1 Å². The highest BCUT2D eigenvalue weighted by Gasteiger charge is 2.37. The molecule has 3 N–H and O–H groups in total. The highest BCUT2D eigenvalue weighted by atomic mass is 16.5. The lowest BCUT2D eigenvalue weighted by molar-refractivity contribution is -0.125. The molecular formula is C28H40N2O5. The first-order chi connectivity index (χ1) is 16.7. The molecule has 0 spiro atoms. The summed E-state index contributed by atoms with van der Waals surface area (Å²) in [5.41, 5.74) is 1.45. The number of carbonyl (C=O) groups excluding carboxylic acids is 2. The van der Waals surface area contributed by atoms with E-state index in [-0.39, 0.29) is 23.2 Å². The van der Waals surface area contributed by atoms with Crippen LogP contribution < -0.4 is 16.1 Å². The zero-order valence-electron chi connectivity index (χ0n) is 21.4. The average Bonchev–Trinajstić information content (AvgIpc) is 3.51. The number of aliphatic hydroxyl groups excluding tert-OH is 1. The van der Waals surface area contributed by atoms with Crippen LogP contribution in [0.4, 0.5) is 4.79 Å². The Morgan fingerprint density at radius 3 is 2.29 bits per heavy atom. The normalized spacial score (nSPS) is 17.3. The van der Waals surface area contributed by atoms with Crippen molar-refractivity contribution in [2.24, 2.45) is 17.8 Å². The third-order valence-electron chi connectivity index (χ3n) is 6.89. The summed E-state index contributed by atoms with van der Waals surface area (Å²) in [6.07, 6.45) is 4.41. The van der Waals surface area contributed by atoms with E-state index in [1.165, 1.54) is 6.42 Å². The summed E-state index contributed by atoms with van der Waals surface area (Å²) in [5, 5.41) is 16.7. The van der Waals surface area contributed by atoms with Crippen molar-refractivity contribution in [1.82, 2.24) is 10.6 Å². The molecule has 1 aliphatic carbocycles. The summed E-state index contributed by atoms with van der Waals surface area (Å²) < 4.78 is 5.44. The predicted molar refractivity (Wildman–Crippen MR) is 137 cm³/mol. The summed E-state index contributed by atoms with van der Waals surface area (Å²) in [5.74, 6) is 0.0191. The Hall–Kier alpha value is -2.67. The van der Waals surface area contributed by atoms with Crippen molar-refractivity contribution < 1.29 is 19.4 Å². The minimum absolute atomic E-state index is 0.134. The molecule has 3 atom stereocenters. The molecule has 1 fully saturated rings. The second-order valence-corrected chi connectivity index (χ2v) is 10.6. The Kier molecular flexibility index (Phi) is 9.49. The van der Waals surface area contributed by atoms with Crippen LogP contribution in [0.1, 0.15) is 77.9 Å². The highest BCUT2D eigenvalue weighted by molar-refractivity contribution is 5.86. The molecule has 2 aromatic rings. The van der Waals surface area contributed by atoms with Gasteiger partial charge in [-0.05, 0) is 42.6 Å². The van der Waals surface area contributed by atoms with Gasteiger partial charge in [-0.15, -0.1) is 0 Å². The van der Waals surface area contributed by atoms with Gasteiger partial charge in [0.15, 0.2) is 5.43 Å². The van der Waals surface area contributed by atoms with Gasteiger partial charge in [-0.3, -0.25) is 9.59 Å². The van der Waals surface area contributed by atoms with E-state index in [0.29, 0.717) is 30.1 Å². The summed E-state index contributed by atoms with van der Waals surface area (Å²) in [7, 11) is 0. The molecule has 1 aliphatic rings. The average molecular weight is 485 g/mol. The van der Waals surface area contributed by atoms with Gasteiger partial charge in [0, 0.05) is 11.1 Å². The molecule has 0 aromatic heterocycles. The van der Waals surface area contributed by atoms with Crippen LogP contribution in [0.15, 0.2) is 35.1 Å². The molecule has 0 heterocycles. The maximum atomic E-state index is 13.2. The Morgan fingerprint density at radius 1 is 1.03 bits per heavy atom. The maximum Gasteiger partial charge on any atom is 0.407 e. The quantitative estimate of drug-likeness (QED) is 0.436. The minimum atomic E-state index is -1.13. The largest absolute Gasteiger partial charge is 0.449 e. The number of hydrogen-bond acceptors (Lipinski definition) is 5. The number of amides is 2. The van der Waals surface area contributed by atoms with Gasteiger partial charge in [0.1, 0.15) is 12.1 Å². The van der Waals surface area contributed by atoms with E-state index in [1.54, 1.807) is 0 Å². The maximum absolute atomic E-state index is 13.2. The van der Waals surface area contributed by atoms with Gasteiger partial charge >= 0.3 is 6.09 Å². The summed E-state index contributed by atoms with van der Waals surface area (Å²) in [6, 6.07) is 7.75. The standard InChI is InChI=1S/C28H40N2O5/c1-17(2)15-21(29-28(34)35-16-19-11-7-5-8-12-19)27(33)30-24(18(3)4)26(32)23-22(25(23)31)20-13-9-6-10-14-20/h6,9-10,13-14,17-19,21,24,26,32H,5,7-8,11-12,15-16H2,1-4H3,(H,29,34)(H,30,33)/t21-,24-,26-/m0/s1. The number of aliphatic hydroxyl groups is 1. The molecule has 3 rings (SSSR count). The van der Waals surface area contributed by atoms with Gasteiger partial charge in [-0.2, -0.15) is 0 Å². The van der Waals surface area contributed by atoms with Gasteiger partial charge in [0.2, 0.25) is 5.91 Å². The summed E-state index contributed by atoms with van der Waals surface area (Å²) in [4.78, 5) is 38.2. The first kappa shape index (κ1) is 26.9. The number of nitrogens with one attached hydrogen (secondary N) is 2. The van der Waals surface area contributed by atoms with Gasteiger partial charge in [0.05, 0.1) is 12.6 Å². The van der Waals surface area contributed by atoms with Crippen molar-refractivity contribution in [2.75, 3.05) is 6.61 Å². The van der Waals surface area contributed by atoms with Crippen LogP contribution in [-0.4, -0.2) is 35.8 Å². The Morgan fingerprint density at radius 2 is 1.69 bits per heavy atom. The number of hydrogen-bond donors (Lipinski definition) is 3. The van der Waals surface area contributed by atoms with Crippen LogP contribution in [0.25, 0.3) is 11.1 Å². The molecule has 192 valence electrons. The van der Waals surface area contributed by atoms with Gasteiger partial charge in [-0.25, -0.2) is 4.79 Å². The van der Waals surface area contributed by atoms with E-state index in [0.717, 1.165) is 31.2 Å². The summed E-state index contributed by atoms with van der Waals surface area (Å²) >= 11 is 0. The van der Waals surface area contributed by atoms with E-state index >= 15 is 0 Å². The van der Waals surface area contributed by atoms with Crippen molar-refractivity contribution in [1.29, 1.82) is 0 Å². The lowest BCUT2D eigenvalue weighted by atomic mass is 9.90. The molecular weight excluding hydrogens is 444 g/mol. The van der Waals surface area contributed by atoms with Crippen molar-refractivity contribution in [3.8, 4) is 11.1 Å². The lowest BCUT2D eigenvalue weighted by Crippen LogP contribution is -2.53. The topological polar surface area (TPSA) is 105 Å². The number of alkyl carbamates (subject to hydrolysis) is 1. The van der Waals surface area contributed by atoms with Crippen LogP contribution in [0.5, 0.6) is 0 Å². The fourth-order valence-electron chi connectivity index (χ4n) is 4.85. The summed E-state index contributed by atoms with van der Waals surface area (Å²) in [6.45, 7) is 8.09. The van der Waals surface area contributed by atoms with Crippen LogP contribution in [0.2, 0.25) is 0 Å². The fraction of sp³-hybridized carbons (Fsp3) is 0.607. The number of ether oxygens (including phenoxy) is 1. The van der Waals surface area contributed by atoms with E-state index in [1.807, 2.05) is 58.0 Å². The molecule has 35 heavy (non-hydrogen) atoms. The fourth-order valence-corrected chi connectivity index (χ4v) is 4.85. The Bertz CT molecular complexity index is 971. The minimum Gasteiger partial charge on any atom is -0.449 e. The van der Waals surface area contributed by atoms with Crippen LogP contribution >= 0.6 is 0 Å². The zero-order valence-corrected chi connectivity index (χ0v) is 21.4. The van der Waals surface area contributed by atoms with Crippen molar-refractivity contribution in [2.45, 2.75) is 84.4 Å². The molecule has 0 saturated heterocycles. The molecule has 2 amide bonds. The molecule has 0 bridgehead atoms. The number of carbonyl (C=O) groups is 2. The van der Waals surface area contributed by atoms with E-state index in [9.17, 15) is 19.5 Å². The lowest BCUT2D eigenvalue weighted by Gasteiger charge is -2.29. The zero-order chi connectivity index (χ0) is 25.5. The predicted octanol–water partition coefficient (Wildman–Crippen LogP) is 4.48. The second kappa shape index (κ2) is 12.3. The molecule has 0 radical (unpaired) electrons. The van der Waals surface area contributed by atoms with Crippen LogP contribution in [0, 0.1) is 17.8 Å². The third-order valence-corrected chi connectivity index (χ3v) is 6.89. The van der Waals surface area contributed by atoms with Crippen molar-refractivity contribution >= 4 is 12.0 Å². The Labute approximate surface area is 208 Å². The third kappa shape index (κ3) is 7.40. The molecule has 7 nitrogen and oxygen atoms in total. The monoisotopic (exact) mass is 484 g/mol. The van der Waals surface area contributed by atoms with Gasteiger partial charge < -0.3 is 20.5 Å². The van der Waals surface area contributed by atoms with Crippen LogP contribution in [-0.2, 0) is 9.53 Å². The van der Waals surface area contributed by atoms with Gasteiger partial charge in [0.25, 0.3) is 0 Å². The van der Waals surface area contributed by atoms with E-state index < -0.39 is 24.3 Å². The van der Waals surface area contributed by atoms with E-state index in [4.69, 9.17) is 4.74 Å². The van der Waals surface area contributed by atoms with Crippen LogP contribution in [0.3, 0.4) is 0 Å². The molecule has 2 aromatic carbocycles. The molecule has 0 aliphatic heterocycles.